The van der Waals surface area contributed by atoms with Crippen molar-refractivity contribution in [3.63, 3.8) is 0 Å². The second kappa shape index (κ2) is 5.75. The minimum absolute atomic E-state index is 0.199. The molecule has 0 saturated carbocycles. The summed E-state index contributed by atoms with van der Waals surface area (Å²) in [6.07, 6.45) is 3.32. The van der Waals surface area contributed by atoms with Crippen molar-refractivity contribution in [3.05, 3.63) is 59.4 Å². The summed E-state index contributed by atoms with van der Waals surface area (Å²) < 4.78 is 27.1. The molecule has 0 aliphatic carbocycles. The average Bonchev–Trinajstić information content (AvgIpc) is 2.98. The molecule has 3 rings (SSSR count). The summed E-state index contributed by atoms with van der Waals surface area (Å²) in [5.41, 5.74) is 0.792. The van der Waals surface area contributed by atoms with E-state index in [0.29, 0.717) is 11.6 Å². The van der Waals surface area contributed by atoms with Crippen LogP contribution in [0, 0.1) is 0 Å². The van der Waals surface area contributed by atoms with Gasteiger partial charge in [0.05, 0.1) is 16.6 Å². The van der Waals surface area contributed by atoms with Gasteiger partial charge in [0.15, 0.2) is 0 Å². The van der Waals surface area contributed by atoms with Gasteiger partial charge in [-0.3, -0.25) is 4.98 Å². The first-order valence-corrected chi connectivity index (χ1v) is 8.59. The van der Waals surface area contributed by atoms with Crippen LogP contribution >= 0.6 is 11.6 Å². The van der Waals surface area contributed by atoms with Crippen molar-refractivity contribution in [2.45, 2.75) is 23.8 Å². The standard InChI is InChI=1S/C15H15ClN2O2S/c16-12-5-3-6-13(11-12)21(19,20)18-10-4-8-15(18)14-7-1-2-9-17-14/h1-3,5-7,9,11,15H,4,8,10H2. The van der Waals surface area contributed by atoms with E-state index in [4.69, 9.17) is 11.6 Å². The third-order valence-electron chi connectivity index (χ3n) is 3.64. The van der Waals surface area contributed by atoms with E-state index in [-0.39, 0.29) is 10.9 Å². The molecule has 2 heterocycles. The van der Waals surface area contributed by atoms with Crippen molar-refractivity contribution in [1.29, 1.82) is 0 Å². The Morgan fingerprint density at radius 1 is 1.19 bits per heavy atom. The van der Waals surface area contributed by atoms with Gasteiger partial charge in [-0.25, -0.2) is 8.42 Å². The zero-order valence-electron chi connectivity index (χ0n) is 11.3. The van der Waals surface area contributed by atoms with Gasteiger partial charge < -0.3 is 0 Å². The highest BCUT2D eigenvalue weighted by Crippen LogP contribution is 2.35. The summed E-state index contributed by atoms with van der Waals surface area (Å²) in [6, 6.07) is 11.8. The van der Waals surface area contributed by atoms with Gasteiger partial charge in [-0.1, -0.05) is 23.7 Å². The molecule has 1 aliphatic rings. The van der Waals surface area contributed by atoms with Gasteiger partial charge in [-0.05, 0) is 43.2 Å². The van der Waals surface area contributed by atoms with Crippen LogP contribution in [0.5, 0.6) is 0 Å². The zero-order valence-corrected chi connectivity index (χ0v) is 12.9. The number of nitrogens with zero attached hydrogens (tertiary/aromatic N) is 2. The quantitative estimate of drug-likeness (QED) is 0.871. The smallest absolute Gasteiger partial charge is 0.243 e. The lowest BCUT2D eigenvalue weighted by Gasteiger charge is -2.23. The predicted molar refractivity (Wildman–Crippen MR) is 81.6 cm³/mol. The van der Waals surface area contributed by atoms with Gasteiger partial charge in [0.25, 0.3) is 0 Å². The van der Waals surface area contributed by atoms with E-state index in [1.54, 1.807) is 24.4 Å². The first kappa shape index (κ1) is 14.5. The fourth-order valence-electron chi connectivity index (χ4n) is 2.66. The van der Waals surface area contributed by atoms with Crippen molar-refractivity contribution >= 4 is 21.6 Å². The number of pyridine rings is 1. The summed E-state index contributed by atoms with van der Waals surface area (Å²) in [7, 11) is -3.55. The molecule has 2 aromatic rings. The molecule has 21 heavy (non-hydrogen) atoms. The second-order valence-electron chi connectivity index (χ2n) is 4.99. The molecule has 1 saturated heterocycles. The van der Waals surface area contributed by atoms with Crippen LogP contribution < -0.4 is 0 Å². The SMILES string of the molecule is O=S(=O)(c1cccc(Cl)c1)N1CCCC1c1ccccn1. The van der Waals surface area contributed by atoms with Crippen molar-refractivity contribution in [3.8, 4) is 0 Å². The van der Waals surface area contributed by atoms with Crippen molar-refractivity contribution in [1.82, 2.24) is 9.29 Å². The molecule has 1 unspecified atom stereocenters. The van der Waals surface area contributed by atoms with Gasteiger partial charge in [0.2, 0.25) is 10.0 Å². The van der Waals surface area contributed by atoms with Crippen LogP contribution in [-0.4, -0.2) is 24.3 Å². The highest BCUT2D eigenvalue weighted by atomic mass is 35.5. The molecule has 1 aliphatic heterocycles. The number of benzene rings is 1. The Morgan fingerprint density at radius 2 is 2.05 bits per heavy atom. The zero-order chi connectivity index (χ0) is 14.9. The number of sulfonamides is 1. The summed E-state index contributed by atoms with van der Waals surface area (Å²) in [4.78, 5) is 4.54. The molecular weight excluding hydrogens is 308 g/mol. The molecule has 0 N–H and O–H groups in total. The predicted octanol–water partition coefficient (Wildman–Crippen LogP) is 3.26. The second-order valence-corrected chi connectivity index (χ2v) is 7.31. The first-order chi connectivity index (χ1) is 10.1. The lowest BCUT2D eigenvalue weighted by Crippen LogP contribution is -2.31. The molecule has 1 aromatic heterocycles. The van der Waals surface area contributed by atoms with E-state index in [1.165, 1.54) is 10.4 Å². The van der Waals surface area contributed by atoms with Gasteiger partial charge in [-0.2, -0.15) is 4.31 Å². The molecule has 0 bridgehead atoms. The lowest BCUT2D eigenvalue weighted by molar-refractivity contribution is 0.390. The maximum atomic E-state index is 12.8. The maximum absolute atomic E-state index is 12.8. The van der Waals surface area contributed by atoms with Crippen LogP contribution in [0.15, 0.2) is 53.6 Å². The topological polar surface area (TPSA) is 50.3 Å². The molecule has 1 fully saturated rings. The maximum Gasteiger partial charge on any atom is 0.243 e. The number of hydrogen-bond acceptors (Lipinski definition) is 3. The Hall–Kier alpha value is -1.43. The highest BCUT2D eigenvalue weighted by molar-refractivity contribution is 7.89. The van der Waals surface area contributed by atoms with Crippen molar-refractivity contribution in [2.75, 3.05) is 6.54 Å². The number of halogens is 1. The molecule has 1 aromatic carbocycles. The summed E-state index contributed by atoms with van der Waals surface area (Å²) in [5, 5.41) is 0.421. The molecular formula is C15H15ClN2O2S. The Labute approximate surface area is 129 Å². The Kier molecular flexibility index (Phi) is 3.97. The van der Waals surface area contributed by atoms with Gasteiger partial charge in [0.1, 0.15) is 0 Å². The minimum atomic E-state index is -3.55. The minimum Gasteiger partial charge on any atom is -0.260 e. The van der Waals surface area contributed by atoms with Crippen LogP contribution in [-0.2, 0) is 10.0 Å². The Bertz CT molecular complexity index is 734. The molecule has 0 spiro atoms. The van der Waals surface area contributed by atoms with Crippen LogP contribution in [0.2, 0.25) is 5.02 Å². The molecule has 0 radical (unpaired) electrons. The normalized spacial score (nSPS) is 19.8. The lowest BCUT2D eigenvalue weighted by atomic mass is 10.1. The molecule has 1 atom stereocenters. The molecule has 0 amide bonds. The Balaban J connectivity index is 1.98. The van der Waals surface area contributed by atoms with Crippen molar-refractivity contribution in [2.24, 2.45) is 0 Å². The first-order valence-electron chi connectivity index (χ1n) is 6.77. The average molecular weight is 323 g/mol. The van der Waals surface area contributed by atoms with Crippen LogP contribution in [0.4, 0.5) is 0 Å². The third-order valence-corrected chi connectivity index (χ3v) is 5.77. The summed E-state index contributed by atoms with van der Waals surface area (Å²) in [5.74, 6) is 0. The van der Waals surface area contributed by atoms with Crippen molar-refractivity contribution < 1.29 is 8.42 Å². The van der Waals surface area contributed by atoms with Gasteiger partial charge in [-0.15, -0.1) is 0 Å². The van der Waals surface area contributed by atoms with Crippen LogP contribution in [0.25, 0.3) is 0 Å². The van der Waals surface area contributed by atoms with Gasteiger partial charge in [0, 0.05) is 17.8 Å². The van der Waals surface area contributed by atoms with E-state index in [2.05, 4.69) is 4.98 Å². The Morgan fingerprint density at radius 3 is 2.76 bits per heavy atom. The van der Waals surface area contributed by atoms with E-state index in [0.717, 1.165) is 18.5 Å². The van der Waals surface area contributed by atoms with Gasteiger partial charge >= 0.3 is 0 Å². The number of aromatic nitrogens is 1. The molecule has 6 heteroatoms. The fourth-order valence-corrected chi connectivity index (χ4v) is 4.63. The van der Waals surface area contributed by atoms with E-state index in [9.17, 15) is 8.42 Å². The highest BCUT2D eigenvalue weighted by Gasteiger charge is 2.36. The summed E-state index contributed by atoms with van der Waals surface area (Å²) >= 11 is 5.92. The van der Waals surface area contributed by atoms with E-state index in [1.807, 2.05) is 18.2 Å². The van der Waals surface area contributed by atoms with Crippen LogP contribution in [0.1, 0.15) is 24.6 Å². The molecule has 4 nitrogen and oxygen atoms in total. The fraction of sp³-hybridized carbons (Fsp3) is 0.267. The van der Waals surface area contributed by atoms with E-state index >= 15 is 0 Å². The van der Waals surface area contributed by atoms with Crippen LogP contribution in [0.3, 0.4) is 0 Å². The molecule has 110 valence electrons. The number of rotatable bonds is 3. The number of hydrogen-bond donors (Lipinski definition) is 0. The monoisotopic (exact) mass is 322 g/mol. The van der Waals surface area contributed by atoms with E-state index < -0.39 is 10.0 Å². The third kappa shape index (κ3) is 2.81. The largest absolute Gasteiger partial charge is 0.260 e. The summed E-state index contributed by atoms with van der Waals surface area (Å²) in [6.45, 7) is 0.510.